The third-order valence-electron chi connectivity index (χ3n) is 3.23. The van der Waals surface area contributed by atoms with Crippen LogP contribution in [-0.4, -0.2) is 46.7 Å². The first-order valence-corrected chi connectivity index (χ1v) is 5.96. The molecule has 0 aliphatic carbocycles. The molecule has 6 heteroatoms. The highest BCUT2D eigenvalue weighted by Gasteiger charge is 2.36. The highest BCUT2D eigenvalue weighted by atomic mass is 16.5. The van der Waals surface area contributed by atoms with Gasteiger partial charge in [-0.05, 0) is 25.0 Å². The summed E-state index contributed by atoms with van der Waals surface area (Å²) in [4.78, 5) is 25.2. The van der Waals surface area contributed by atoms with Gasteiger partial charge < -0.3 is 19.8 Å². The van der Waals surface area contributed by atoms with Crippen LogP contribution in [0.3, 0.4) is 0 Å². The van der Waals surface area contributed by atoms with Gasteiger partial charge in [-0.2, -0.15) is 0 Å². The number of hydrogen-bond donors (Lipinski definition) is 2. The number of benzene rings is 1. The van der Waals surface area contributed by atoms with Gasteiger partial charge in [0.05, 0.1) is 12.7 Å². The number of likely N-dealkylation sites (tertiary alicyclic amines) is 1. The summed E-state index contributed by atoms with van der Waals surface area (Å²) in [5.41, 5.74) is -0.0178. The van der Waals surface area contributed by atoms with E-state index in [9.17, 15) is 19.8 Å². The van der Waals surface area contributed by atoms with Crippen LogP contribution in [0.5, 0.6) is 11.5 Å². The van der Waals surface area contributed by atoms with E-state index in [1.54, 1.807) is 0 Å². The summed E-state index contributed by atoms with van der Waals surface area (Å²) in [5, 5.41) is 19.1. The van der Waals surface area contributed by atoms with Crippen molar-refractivity contribution in [2.45, 2.75) is 18.9 Å². The Hall–Kier alpha value is -2.24. The van der Waals surface area contributed by atoms with E-state index < -0.39 is 23.7 Å². The number of phenols is 2. The SMILES string of the molecule is COC(=O)C1CCCN1C(=O)c1cccc(O)c1O. The zero-order valence-electron chi connectivity index (χ0n) is 10.5. The molecule has 2 rings (SSSR count). The molecule has 1 aliphatic heterocycles. The van der Waals surface area contributed by atoms with Crippen LogP contribution in [0.25, 0.3) is 0 Å². The van der Waals surface area contributed by atoms with Crippen molar-refractivity contribution in [2.75, 3.05) is 13.7 Å². The van der Waals surface area contributed by atoms with Gasteiger partial charge in [0, 0.05) is 6.54 Å². The van der Waals surface area contributed by atoms with Crippen LogP contribution in [0.4, 0.5) is 0 Å². The van der Waals surface area contributed by atoms with E-state index in [1.165, 1.54) is 30.2 Å². The van der Waals surface area contributed by atoms with Gasteiger partial charge in [-0.25, -0.2) is 4.79 Å². The molecule has 0 saturated carbocycles. The molecule has 6 nitrogen and oxygen atoms in total. The minimum atomic E-state index is -0.626. The number of nitrogens with zero attached hydrogens (tertiary/aromatic N) is 1. The molecule has 1 amide bonds. The van der Waals surface area contributed by atoms with Gasteiger partial charge in [-0.15, -0.1) is 0 Å². The summed E-state index contributed by atoms with van der Waals surface area (Å²) in [7, 11) is 1.27. The number of hydrogen-bond acceptors (Lipinski definition) is 5. The van der Waals surface area contributed by atoms with E-state index in [0.29, 0.717) is 19.4 Å². The Morgan fingerprint density at radius 1 is 1.37 bits per heavy atom. The summed E-state index contributed by atoms with van der Waals surface area (Å²) < 4.78 is 4.66. The van der Waals surface area contributed by atoms with Crippen LogP contribution in [0.1, 0.15) is 23.2 Å². The van der Waals surface area contributed by atoms with Crippen LogP contribution in [0.2, 0.25) is 0 Å². The molecule has 0 aromatic heterocycles. The largest absolute Gasteiger partial charge is 0.504 e. The Labute approximate surface area is 110 Å². The molecule has 0 spiro atoms. The van der Waals surface area contributed by atoms with Crippen LogP contribution in [-0.2, 0) is 9.53 Å². The van der Waals surface area contributed by atoms with Crippen LogP contribution < -0.4 is 0 Å². The van der Waals surface area contributed by atoms with E-state index in [4.69, 9.17) is 0 Å². The van der Waals surface area contributed by atoms with Crippen molar-refractivity contribution >= 4 is 11.9 Å². The Kier molecular flexibility index (Phi) is 3.59. The topological polar surface area (TPSA) is 87.1 Å². The van der Waals surface area contributed by atoms with Crippen LogP contribution in [0.15, 0.2) is 18.2 Å². The predicted molar refractivity (Wildman–Crippen MR) is 65.8 cm³/mol. The van der Waals surface area contributed by atoms with Gasteiger partial charge in [0.15, 0.2) is 11.5 Å². The fourth-order valence-corrected chi connectivity index (χ4v) is 2.25. The zero-order chi connectivity index (χ0) is 14.0. The number of esters is 1. The monoisotopic (exact) mass is 265 g/mol. The van der Waals surface area contributed by atoms with Crippen LogP contribution in [0, 0.1) is 0 Å². The van der Waals surface area contributed by atoms with Gasteiger partial charge >= 0.3 is 5.97 Å². The number of amides is 1. The maximum Gasteiger partial charge on any atom is 0.328 e. The normalized spacial score (nSPS) is 18.4. The lowest BCUT2D eigenvalue weighted by Gasteiger charge is -2.23. The highest BCUT2D eigenvalue weighted by Crippen LogP contribution is 2.31. The fraction of sp³-hybridized carbons (Fsp3) is 0.385. The molecule has 1 aliphatic rings. The van der Waals surface area contributed by atoms with Crippen molar-refractivity contribution in [1.82, 2.24) is 4.90 Å². The van der Waals surface area contributed by atoms with Gasteiger partial charge in [-0.1, -0.05) is 6.07 Å². The zero-order valence-corrected chi connectivity index (χ0v) is 10.5. The maximum atomic E-state index is 12.3. The summed E-state index contributed by atoms with van der Waals surface area (Å²) >= 11 is 0. The predicted octanol–water partition coefficient (Wildman–Crippen LogP) is 0.875. The molecule has 1 atom stereocenters. The molecule has 19 heavy (non-hydrogen) atoms. The lowest BCUT2D eigenvalue weighted by Crippen LogP contribution is -2.41. The smallest absolute Gasteiger partial charge is 0.328 e. The average molecular weight is 265 g/mol. The van der Waals surface area contributed by atoms with E-state index in [1.807, 2.05) is 0 Å². The van der Waals surface area contributed by atoms with Gasteiger partial charge in [0.2, 0.25) is 0 Å². The Morgan fingerprint density at radius 2 is 2.11 bits per heavy atom. The second-order valence-corrected chi connectivity index (χ2v) is 4.35. The lowest BCUT2D eigenvalue weighted by molar-refractivity contribution is -0.145. The molecule has 0 radical (unpaired) electrons. The Balaban J connectivity index is 2.28. The van der Waals surface area contributed by atoms with Gasteiger partial charge in [0.1, 0.15) is 6.04 Å². The van der Waals surface area contributed by atoms with Gasteiger partial charge in [-0.3, -0.25) is 4.79 Å². The van der Waals surface area contributed by atoms with E-state index >= 15 is 0 Å². The van der Waals surface area contributed by atoms with Crippen molar-refractivity contribution in [1.29, 1.82) is 0 Å². The number of carbonyl (C=O) groups excluding carboxylic acids is 2. The molecule has 1 aromatic carbocycles. The minimum absolute atomic E-state index is 0.0178. The molecular formula is C13H15NO5. The number of para-hydroxylation sites is 1. The van der Waals surface area contributed by atoms with E-state index in [0.717, 1.165) is 0 Å². The molecule has 1 unspecified atom stereocenters. The minimum Gasteiger partial charge on any atom is -0.504 e. The number of phenolic OH excluding ortho intramolecular Hbond substituents is 2. The fourth-order valence-electron chi connectivity index (χ4n) is 2.25. The molecule has 1 fully saturated rings. The number of carbonyl (C=O) groups is 2. The van der Waals surface area contributed by atoms with E-state index in [-0.39, 0.29) is 11.3 Å². The first-order chi connectivity index (χ1) is 9.06. The highest BCUT2D eigenvalue weighted by molar-refractivity contribution is 5.99. The standard InChI is InChI=1S/C13H15NO5/c1-19-13(18)9-5-3-7-14(9)12(17)8-4-2-6-10(15)11(8)16/h2,4,6,9,15-16H,3,5,7H2,1H3. The Morgan fingerprint density at radius 3 is 2.79 bits per heavy atom. The van der Waals surface area contributed by atoms with Crippen molar-refractivity contribution in [3.05, 3.63) is 23.8 Å². The van der Waals surface area contributed by atoms with Crippen molar-refractivity contribution in [2.24, 2.45) is 0 Å². The lowest BCUT2D eigenvalue weighted by atomic mass is 10.1. The number of rotatable bonds is 2. The molecule has 102 valence electrons. The molecule has 0 bridgehead atoms. The number of methoxy groups -OCH3 is 1. The molecule has 1 saturated heterocycles. The number of aromatic hydroxyl groups is 2. The second kappa shape index (κ2) is 5.17. The van der Waals surface area contributed by atoms with Crippen molar-refractivity contribution in [3.63, 3.8) is 0 Å². The maximum absolute atomic E-state index is 12.3. The third kappa shape index (κ3) is 2.33. The molecule has 1 heterocycles. The van der Waals surface area contributed by atoms with Crippen molar-refractivity contribution < 1.29 is 24.5 Å². The van der Waals surface area contributed by atoms with Crippen molar-refractivity contribution in [3.8, 4) is 11.5 Å². The first kappa shape index (κ1) is 13.2. The quantitative estimate of drug-likeness (QED) is 0.612. The second-order valence-electron chi connectivity index (χ2n) is 4.35. The molecule has 2 N–H and O–H groups in total. The Bertz CT molecular complexity index is 514. The number of ether oxygens (including phenoxy) is 1. The summed E-state index contributed by atoms with van der Waals surface area (Å²) in [6, 6.07) is 3.53. The summed E-state index contributed by atoms with van der Waals surface area (Å²) in [6.07, 6.45) is 1.24. The summed E-state index contributed by atoms with van der Waals surface area (Å²) in [5.74, 6) is -1.78. The average Bonchev–Trinajstić information content (AvgIpc) is 2.89. The first-order valence-electron chi connectivity index (χ1n) is 5.96. The third-order valence-corrected chi connectivity index (χ3v) is 3.23. The van der Waals surface area contributed by atoms with Gasteiger partial charge in [0.25, 0.3) is 5.91 Å². The summed E-state index contributed by atoms with van der Waals surface area (Å²) in [6.45, 7) is 0.424. The van der Waals surface area contributed by atoms with Crippen LogP contribution >= 0.6 is 0 Å². The molecular weight excluding hydrogens is 250 g/mol. The molecule has 1 aromatic rings. The van der Waals surface area contributed by atoms with E-state index in [2.05, 4.69) is 4.74 Å².